The van der Waals surface area contributed by atoms with Crippen LogP contribution in [-0.4, -0.2) is 25.2 Å². The van der Waals surface area contributed by atoms with Crippen LogP contribution in [-0.2, 0) is 11.2 Å². The molecule has 4 nitrogen and oxygen atoms in total. The smallest absolute Gasteiger partial charge is 0.261 e. The van der Waals surface area contributed by atoms with Crippen molar-refractivity contribution in [3.8, 4) is 11.5 Å². The van der Waals surface area contributed by atoms with Crippen LogP contribution in [0.15, 0.2) is 54.6 Å². The molecule has 0 fully saturated rings. The topological polar surface area (TPSA) is 47.6 Å². The van der Waals surface area contributed by atoms with Crippen molar-refractivity contribution in [1.82, 2.24) is 5.32 Å². The number of methoxy groups -OCH3 is 1. The molecule has 1 N–H and O–H groups in total. The van der Waals surface area contributed by atoms with Gasteiger partial charge in [-0.3, -0.25) is 4.79 Å². The van der Waals surface area contributed by atoms with Crippen molar-refractivity contribution < 1.29 is 14.3 Å². The summed E-state index contributed by atoms with van der Waals surface area (Å²) in [5.41, 5.74) is 1.28. The molecule has 1 amide bonds. The largest absolute Gasteiger partial charge is 0.493 e. The molecule has 0 aliphatic rings. The fraction of sp³-hybridized carbons (Fsp3) is 0.381. The molecular weight excluding hydrogens is 314 g/mol. The molecule has 0 saturated carbocycles. The molecule has 0 saturated heterocycles. The lowest BCUT2D eigenvalue weighted by Gasteiger charge is -2.21. The van der Waals surface area contributed by atoms with Crippen LogP contribution >= 0.6 is 0 Å². The van der Waals surface area contributed by atoms with Gasteiger partial charge in [-0.2, -0.15) is 0 Å². The summed E-state index contributed by atoms with van der Waals surface area (Å²) in [4.78, 5) is 12.5. The van der Waals surface area contributed by atoms with Crippen molar-refractivity contribution in [1.29, 1.82) is 0 Å². The van der Waals surface area contributed by atoms with Crippen molar-refractivity contribution in [2.45, 2.75) is 45.3 Å². The zero-order valence-corrected chi connectivity index (χ0v) is 15.2. The Hall–Kier alpha value is -2.49. The van der Waals surface area contributed by atoms with Crippen LogP contribution in [0.2, 0.25) is 0 Å². The number of amides is 1. The first-order valence-electron chi connectivity index (χ1n) is 8.78. The second kappa shape index (κ2) is 9.72. The Morgan fingerprint density at radius 2 is 1.68 bits per heavy atom. The van der Waals surface area contributed by atoms with E-state index in [4.69, 9.17) is 9.47 Å². The molecule has 4 heteroatoms. The Labute approximate surface area is 150 Å². The number of benzene rings is 2. The van der Waals surface area contributed by atoms with Gasteiger partial charge in [0.15, 0.2) is 17.6 Å². The minimum atomic E-state index is -0.532. The summed E-state index contributed by atoms with van der Waals surface area (Å²) >= 11 is 0. The van der Waals surface area contributed by atoms with Crippen molar-refractivity contribution in [2.24, 2.45) is 0 Å². The van der Waals surface area contributed by atoms with E-state index in [0.717, 1.165) is 12.8 Å². The van der Waals surface area contributed by atoms with E-state index in [1.807, 2.05) is 56.3 Å². The number of aryl methyl sites for hydroxylation is 1. The molecule has 0 bridgehead atoms. The summed E-state index contributed by atoms with van der Waals surface area (Å²) < 4.78 is 11.2. The van der Waals surface area contributed by atoms with Gasteiger partial charge in [0.2, 0.25) is 0 Å². The maximum absolute atomic E-state index is 12.5. The molecule has 0 unspecified atom stereocenters. The van der Waals surface area contributed by atoms with E-state index in [1.165, 1.54) is 5.56 Å². The molecule has 2 aromatic rings. The quantitative estimate of drug-likeness (QED) is 0.750. The fourth-order valence-corrected chi connectivity index (χ4v) is 2.63. The number of rotatable bonds is 9. The highest BCUT2D eigenvalue weighted by atomic mass is 16.5. The molecule has 0 heterocycles. The Bertz CT molecular complexity index is 657. The third-order valence-corrected chi connectivity index (χ3v) is 4.10. The average molecular weight is 341 g/mol. The normalized spacial score (nSPS) is 12.9. The summed E-state index contributed by atoms with van der Waals surface area (Å²) in [6.45, 7) is 3.96. The first kappa shape index (κ1) is 18.8. The standard InChI is InChI=1S/C21H27NO3/c1-4-18(25-20-13-9-8-12-19(20)24-3)21(23)22-16(2)14-15-17-10-6-5-7-11-17/h5-13,16,18H,4,14-15H2,1-3H3,(H,22,23)/t16-,18+/m1/s1. The summed E-state index contributed by atoms with van der Waals surface area (Å²) in [6, 6.07) is 17.7. The van der Waals surface area contributed by atoms with Gasteiger partial charge in [-0.05, 0) is 43.9 Å². The van der Waals surface area contributed by atoms with Crippen LogP contribution < -0.4 is 14.8 Å². The molecule has 0 aliphatic carbocycles. The Morgan fingerprint density at radius 1 is 1.04 bits per heavy atom. The van der Waals surface area contributed by atoms with E-state index in [-0.39, 0.29) is 11.9 Å². The molecular formula is C21H27NO3. The first-order chi connectivity index (χ1) is 12.1. The molecule has 2 aromatic carbocycles. The van der Waals surface area contributed by atoms with Crippen LogP contribution in [0.3, 0.4) is 0 Å². The highest BCUT2D eigenvalue weighted by Crippen LogP contribution is 2.27. The van der Waals surface area contributed by atoms with Gasteiger partial charge in [-0.1, -0.05) is 49.4 Å². The summed E-state index contributed by atoms with van der Waals surface area (Å²) in [5, 5.41) is 3.05. The van der Waals surface area contributed by atoms with Crippen molar-refractivity contribution >= 4 is 5.91 Å². The van der Waals surface area contributed by atoms with Gasteiger partial charge in [0.25, 0.3) is 5.91 Å². The van der Waals surface area contributed by atoms with E-state index >= 15 is 0 Å². The van der Waals surface area contributed by atoms with Crippen molar-refractivity contribution in [2.75, 3.05) is 7.11 Å². The number of hydrogen-bond donors (Lipinski definition) is 1. The molecule has 2 rings (SSSR count). The van der Waals surface area contributed by atoms with E-state index in [2.05, 4.69) is 17.4 Å². The molecule has 0 aliphatic heterocycles. The van der Waals surface area contributed by atoms with Crippen LogP contribution in [0.25, 0.3) is 0 Å². The van der Waals surface area contributed by atoms with Crippen molar-refractivity contribution in [3.05, 3.63) is 60.2 Å². The highest BCUT2D eigenvalue weighted by Gasteiger charge is 2.21. The summed E-state index contributed by atoms with van der Waals surface area (Å²) in [6.07, 6.45) is 1.89. The maximum Gasteiger partial charge on any atom is 0.261 e. The maximum atomic E-state index is 12.5. The Kier molecular flexibility index (Phi) is 7.33. The first-order valence-corrected chi connectivity index (χ1v) is 8.78. The second-order valence-electron chi connectivity index (χ2n) is 6.10. The Balaban J connectivity index is 1.88. The van der Waals surface area contributed by atoms with Crippen molar-refractivity contribution in [3.63, 3.8) is 0 Å². The summed E-state index contributed by atoms with van der Waals surface area (Å²) in [7, 11) is 1.59. The third kappa shape index (κ3) is 5.82. The average Bonchev–Trinajstić information content (AvgIpc) is 2.65. The number of carbonyl (C=O) groups is 1. The summed E-state index contributed by atoms with van der Waals surface area (Å²) in [5.74, 6) is 1.13. The predicted molar refractivity (Wildman–Crippen MR) is 100 cm³/mol. The molecule has 0 radical (unpaired) electrons. The lowest BCUT2D eigenvalue weighted by molar-refractivity contribution is -0.128. The molecule has 2 atom stereocenters. The molecule has 134 valence electrons. The zero-order chi connectivity index (χ0) is 18.1. The van der Waals surface area contributed by atoms with Gasteiger partial charge in [-0.25, -0.2) is 0 Å². The number of hydrogen-bond acceptors (Lipinski definition) is 3. The minimum absolute atomic E-state index is 0.0861. The van der Waals surface area contributed by atoms with Gasteiger partial charge < -0.3 is 14.8 Å². The lowest BCUT2D eigenvalue weighted by atomic mass is 10.1. The number of para-hydroxylation sites is 2. The minimum Gasteiger partial charge on any atom is -0.493 e. The number of carbonyl (C=O) groups excluding carboxylic acids is 1. The van der Waals surface area contributed by atoms with E-state index < -0.39 is 6.10 Å². The molecule has 0 aromatic heterocycles. The van der Waals surface area contributed by atoms with Crippen LogP contribution in [0.5, 0.6) is 11.5 Å². The Morgan fingerprint density at radius 3 is 2.32 bits per heavy atom. The van der Waals surface area contributed by atoms with Gasteiger partial charge in [0.05, 0.1) is 7.11 Å². The van der Waals surface area contributed by atoms with Gasteiger partial charge >= 0.3 is 0 Å². The predicted octanol–water partition coefficient (Wildman–Crippen LogP) is 3.99. The van der Waals surface area contributed by atoms with Crippen LogP contribution in [0.1, 0.15) is 32.3 Å². The van der Waals surface area contributed by atoms with Gasteiger partial charge in [0, 0.05) is 6.04 Å². The van der Waals surface area contributed by atoms with Crippen LogP contribution in [0, 0.1) is 0 Å². The number of nitrogens with one attached hydrogen (secondary N) is 1. The monoisotopic (exact) mass is 341 g/mol. The SMILES string of the molecule is CC[C@H](Oc1ccccc1OC)C(=O)N[C@H](C)CCc1ccccc1. The van der Waals surface area contributed by atoms with E-state index in [9.17, 15) is 4.79 Å². The van der Waals surface area contributed by atoms with E-state index in [0.29, 0.717) is 17.9 Å². The lowest BCUT2D eigenvalue weighted by Crippen LogP contribution is -2.42. The van der Waals surface area contributed by atoms with Gasteiger partial charge in [0.1, 0.15) is 0 Å². The van der Waals surface area contributed by atoms with Gasteiger partial charge in [-0.15, -0.1) is 0 Å². The fourth-order valence-electron chi connectivity index (χ4n) is 2.63. The second-order valence-corrected chi connectivity index (χ2v) is 6.10. The van der Waals surface area contributed by atoms with E-state index in [1.54, 1.807) is 7.11 Å². The zero-order valence-electron chi connectivity index (χ0n) is 15.2. The third-order valence-electron chi connectivity index (χ3n) is 4.10. The number of ether oxygens (including phenoxy) is 2. The highest BCUT2D eigenvalue weighted by molar-refractivity contribution is 5.81. The van der Waals surface area contributed by atoms with Crippen LogP contribution in [0.4, 0.5) is 0 Å². The molecule has 0 spiro atoms. The molecule has 25 heavy (non-hydrogen) atoms.